The first kappa shape index (κ1) is 27.0. The lowest BCUT2D eigenvalue weighted by Gasteiger charge is -2.39. The first-order chi connectivity index (χ1) is 18.8. The van der Waals surface area contributed by atoms with E-state index in [0.717, 1.165) is 35.3 Å². The van der Waals surface area contributed by atoms with Gasteiger partial charge < -0.3 is 29.2 Å². The number of aliphatic carboxylic acids is 2. The standard InChI is InChI=1S/C27H29NO4S.C2H2O4/c1-30-23-4-3-7-26-22(23)14-27(33-26)17-12-18-8-9-19(13-17)28(18)15-20(29)16-32-25-6-2-5-24-21(25)10-11-31-24;3-1(4)2(5)6/h2-7,10-11,14,17-20,29H,8-9,12-13,15-16H2,1H3;(H,3,4)(H,5,6)/t17?,18-,19+,20-;/m0./s1. The summed E-state index contributed by atoms with van der Waals surface area (Å²) in [5.41, 5.74) is 0.806. The van der Waals surface area contributed by atoms with Crippen LogP contribution in [0.5, 0.6) is 11.5 Å². The summed E-state index contributed by atoms with van der Waals surface area (Å²) >= 11 is 1.91. The quantitative estimate of drug-likeness (QED) is 0.272. The number of piperidine rings is 1. The van der Waals surface area contributed by atoms with Crippen molar-refractivity contribution < 1.29 is 38.8 Å². The maximum Gasteiger partial charge on any atom is 0.414 e. The van der Waals surface area contributed by atoms with Crippen molar-refractivity contribution in [3.63, 3.8) is 0 Å². The van der Waals surface area contributed by atoms with Crippen LogP contribution >= 0.6 is 11.3 Å². The zero-order valence-electron chi connectivity index (χ0n) is 21.5. The maximum atomic E-state index is 10.8. The van der Waals surface area contributed by atoms with Gasteiger partial charge in [-0.1, -0.05) is 12.1 Å². The lowest BCUT2D eigenvalue weighted by atomic mass is 9.89. The topological polar surface area (TPSA) is 130 Å². The van der Waals surface area contributed by atoms with E-state index in [0.29, 0.717) is 31.2 Å². The van der Waals surface area contributed by atoms with Gasteiger partial charge >= 0.3 is 11.9 Å². The van der Waals surface area contributed by atoms with Gasteiger partial charge in [0.2, 0.25) is 0 Å². The number of ether oxygens (including phenoxy) is 2. The van der Waals surface area contributed by atoms with E-state index in [1.807, 2.05) is 41.7 Å². The fourth-order valence-electron chi connectivity index (χ4n) is 5.81. The lowest BCUT2D eigenvalue weighted by Crippen LogP contribution is -2.47. The molecule has 39 heavy (non-hydrogen) atoms. The molecule has 2 aromatic carbocycles. The first-order valence-corrected chi connectivity index (χ1v) is 13.7. The summed E-state index contributed by atoms with van der Waals surface area (Å²) in [7, 11) is 1.75. The van der Waals surface area contributed by atoms with Crippen molar-refractivity contribution in [3.8, 4) is 11.5 Å². The Kier molecular flexibility index (Phi) is 8.06. The van der Waals surface area contributed by atoms with Crippen molar-refractivity contribution in [2.24, 2.45) is 0 Å². The molecular formula is C29H31NO8S. The first-order valence-electron chi connectivity index (χ1n) is 12.9. The molecule has 2 aliphatic rings. The molecule has 0 radical (unpaired) electrons. The number of thiophene rings is 1. The number of hydrogen-bond donors (Lipinski definition) is 3. The third kappa shape index (κ3) is 5.88. The molecule has 206 valence electrons. The number of carbonyl (C=O) groups is 2. The van der Waals surface area contributed by atoms with Gasteiger partial charge in [0.05, 0.1) is 18.8 Å². The minimum atomic E-state index is -1.82. The van der Waals surface area contributed by atoms with Crippen LogP contribution in [0.3, 0.4) is 0 Å². The smallest absolute Gasteiger partial charge is 0.414 e. The molecule has 1 unspecified atom stereocenters. The predicted molar refractivity (Wildman–Crippen MR) is 147 cm³/mol. The molecule has 0 saturated carbocycles. The Labute approximate surface area is 229 Å². The highest BCUT2D eigenvalue weighted by Gasteiger charge is 2.42. The average molecular weight is 554 g/mol. The summed E-state index contributed by atoms with van der Waals surface area (Å²) in [5, 5.41) is 27.7. The molecule has 2 aromatic heterocycles. The van der Waals surface area contributed by atoms with Crippen molar-refractivity contribution >= 4 is 44.3 Å². The number of aliphatic hydroxyl groups excluding tert-OH is 1. The summed E-state index contributed by atoms with van der Waals surface area (Å²) in [5.74, 6) is -1.33. The third-order valence-corrected chi connectivity index (χ3v) is 8.80. The number of nitrogens with zero attached hydrogens (tertiary/aromatic N) is 1. The molecular weight excluding hydrogens is 522 g/mol. The van der Waals surface area contributed by atoms with Gasteiger partial charge in [0.25, 0.3) is 0 Å². The van der Waals surface area contributed by atoms with Crippen molar-refractivity contribution in [1.29, 1.82) is 0 Å². The van der Waals surface area contributed by atoms with Crippen LogP contribution in [0.1, 0.15) is 36.5 Å². The van der Waals surface area contributed by atoms with Crippen molar-refractivity contribution in [2.75, 3.05) is 20.3 Å². The number of fused-ring (bicyclic) bond motifs is 4. The average Bonchev–Trinajstić information content (AvgIpc) is 3.63. The van der Waals surface area contributed by atoms with E-state index in [9.17, 15) is 5.11 Å². The zero-order chi connectivity index (χ0) is 27.5. The Hall–Kier alpha value is -3.60. The van der Waals surface area contributed by atoms with Crippen LogP contribution in [-0.2, 0) is 9.59 Å². The molecule has 0 aliphatic carbocycles. The van der Waals surface area contributed by atoms with Crippen LogP contribution in [0.4, 0.5) is 0 Å². The van der Waals surface area contributed by atoms with E-state index in [-0.39, 0.29) is 0 Å². The molecule has 0 spiro atoms. The highest BCUT2D eigenvalue weighted by Crippen LogP contribution is 2.46. The highest BCUT2D eigenvalue weighted by atomic mass is 32.1. The molecule has 2 fully saturated rings. The number of aliphatic hydroxyl groups is 1. The minimum absolute atomic E-state index is 0.291. The highest BCUT2D eigenvalue weighted by molar-refractivity contribution is 7.19. The predicted octanol–water partition coefficient (Wildman–Crippen LogP) is 4.96. The van der Waals surface area contributed by atoms with Gasteiger partial charge in [-0.05, 0) is 68.0 Å². The lowest BCUT2D eigenvalue weighted by molar-refractivity contribution is -0.159. The summed E-state index contributed by atoms with van der Waals surface area (Å²) in [6, 6.07) is 17.4. The molecule has 9 nitrogen and oxygen atoms in total. The van der Waals surface area contributed by atoms with Gasteiger partial charge in [0, 0.05) is 33.6 Å². The summed E-state index contributed by atoms with van der Waals surface area (Å²) in [4.78, 5) is 22.2. The molecule has 4 atom stereocenters. The molecule has 4 heterocycles. The molecule has 2 aliphatic heterocycles. The zero-order valence-corrected chi connectivity index (χ0v) is 22.3. The molecule has 0 amide bonds. The molecule has 6 rings (SSSR count). The molecule has 3 N–H and O–H groups in total. The maximum absolute atomic E-state index is 10.8. The van der Waals surface area contributed by atoms with E-state index < -0.39 is 18.0 Å². The Morgan fingerprint density at radius 3 is 2.41 bits per heavy atom. The monoisotopic (exact) mass is 553 g/mol. The molecule has 2 bridgehead atoms. The summed E-state index contributed by atoms with van der Waals surface area (Å²) < 4.78 is 18.3. The normalized spacial score (nSPS) is 21.3. The van der Waals surface area contributed by atoms with Crippen LogP contribution in [0.15, 0.2) is 59.2 Å². The number of carboxylic acids is 2. The Morgan fingerprint density at radius 1 is 1.03 bits per heavy atom. The third-order valence-electron chi connectivity index (χ3n) is 7.54. The number of carboxylic acid groups (broad SMARTS) is 2. The van der Waals surface area contributed by atoms with Gasteiger partial charge in [-0.3, -0.25) is 4.90 Å². The Bertz CT molecular complexity index is 1440. The second kappa shape index (κ2) is 11.6. The van der Waals surface area contributed by atoms with E-state index in [1.165, 1.54) is 27.8 Å². The number of furan rings is 1. The van der Waals surface area contributed by atoms with Crippen molar-refractivity contribution in [2.45, 2.75) is 49.8 Å². The van der Waals surface area contributed by atoms with Gasteiger partial charge in [-0.15, -0.1) is 11.3 Å². The van der Waals surface area contributed by atoms with Crippen LogP contribution in [-0.4, -0.2) is 70.6 Å². The van der Waals surface area contributed by atoms with E-state index >= 15 is 0 Å². The fraction of sp³-hybridized carbons (Fsp3) is 0.379. The number of hydrogen-bond acceptors (Lipinski definition) is 8. The summed E-state index contributed by atoms with van der Waals surface area (Å²) in [6.07, 6.45) is 5.92. The van der Waals surface area contributed by atoms with Crippen LogP contribution in [0.25, 0.3) is 21.1 Å². The van der Waals surface area contributed by atoms with E-state index in [2.05, 4.69) is 23.1 Å². The largest absolute Gasteiger partial charge is 0.496 e. The van der Waals surface area contributed by atoms with Crippen molar-refractivity contribution in [3.05, 3.63) is 59.7 Å². The fourth-order valence-corrected chi connectivity index (χ4v) is 7.02. The number of methoxy groups -OCH3 is 1. The molecule has 10 heteroatoms. The Balaban J connectivity index is 0.000000465. The van der Waals surface area contributed by atoms with Gasteiger partial charge in [-0.25, -0.2) is 9.59 Å². The van der Waals surface area contributed by atoms with Crippen LogP contribution in [0.2, 0.25) is 0 Å². The molecule has 4 aromatic rings. The van der Waals surface area contributed by atoms with Gasteiger partial charge in [0.1, 0.15) is 29.8 Å². The number of benzene rings is 2. The minimum Gasteiger partial charge on any atom is -0.496 e. The number of rotatable bonds is 7. The van der Waals surface area contributed by atoms with Crippen LogP contribution < -0.4 is 9.47 Å². The van der Waals surface area contributed by atoms with E-state index in [1.54, 1.807) is 13.4 Å². The van der Waals surface area contributed by atoms with E-state index in [4.69, 9.17) is 33.7 Å². The van der Waals surface area contributed by atoms with Crippen LogP contribution in [0, 0.1) is 0 Å². The SMILES string of the molecule is COc1cccc2sc(C3C[C@H]4CC[C@@H](C3)N4C[C@H](O)COc3cccc4occc34)cc12.O=C(O)C(=O)O. The molecule has 2 saturated heterocycles. The van der Waals surface area contributed by atoms with Gasteiger partial charge in [0.15, 0.2) is 0 Å². The van der Waals surface area contributed by atoms with Gasteiger partial charge in [-0.2, -0.15) is 0 Å². The summed E-state index contributed by atoms with van der Waals surface area (Å²) in [6.45, 7) is 0.962. The Morgan fingerprint density at radius 2 is 1.72 bits per heavy atom. The second-order valence-corrected chi connectivity index (χ2v) is 11.1. The van der Waals surface area contributed by atoms with Crippen molar-refractivity contribution in [1.82, 2.24) is 4.90 Å². The second-order valence-electron chi connectivity index (χ2n) is 9.93.